The molecule has 0 saturated carbocycles. The van der Waals surface area contributed by atoms with Crippen molar-refractivity contribution in [3.63, 3.8) is 0 Å². The minimum Gasteiger partial charge on any atom is -0.467 e. The zero-order chi connectivity index (χ0) is 13.1. The van der Waals surface area contributed by atoms with Gasteiger partial charge in [-0.1, -0.05) is 0 Å². The number of hydrogen-bond acceptors (Lipinski definition) is 7. The molecule has 0 aromatic carbocycles. The molecule has 1 N–H and O–H groups in total. The number of methoxy groups -OCH3 is 1. The van der Waals surface area contributed by atoms with Crippen LogP contribution in [0.2, 0.25) is 5.28 Å². The van der Waals surface area contributed by atoms with Crippen LogP contribution in [0.3, 0.4) is 0 Å². The third-order valence-electron chi connectivity index (χ3n) is 1.79. The molecule has 0 unspecified atom stereocenters. The molecule has 7 nitrogen and oxygen atoms in total. The molecule has 0 aliphatic heterocycles. The van der Waals surface area contributed by atoms with Crippen LogP contribution in [0.1, 0.15) is 5.69 Å². The molecule has 2 heterocycles. The monoisotopic (exact) mass is 285 g/mol. The van der Waals surface area contributed by atoms with Gasteiger partial charge in [0.15, 0.2) is 5.16 Å². The lowest BCUT2D eigenvalue weighted by Gasteiger charge is -2.02. The summed E-state index contributed by atoms with van der Waals surface area (Å²) in [6.45, 7) is 1.72. The molecule has 0 amide bonds. The fourth-order valence-corrected chi connectivity index (χ4v) is 2.11. The van der Waals surface area contributed by atoms with Crippen LogP contribution >= 0.6 is 23.4 Å². The van der Waals surface area contributed by atoms with Crippen molar-refractivity contribution in [2.75, 3.05) is 7.11 Å². The Bertz CT molecular complexity index is 633. The van der Waals surface area contributed by atoms with E-state index in [2.05, 4.69) is 24.9 Å². The highest BCUT2D eigenvalue weighted by atomic mass is 35.5. The molecule has 0 bridgehead atoms. The SMILES string of the molecule is COc1nc(Cl)nc(Sc2nc(C)cc(=O)[nH]2)n1. The van der Waals surface area contributed by atoms with Gasteiger partial charge in [0.25, 0.3) is 5.56 Å². The molecule has 2 aromatic heterocycles. The maximum absolute atomic E-state index is 11.3. The summed E-state index contributed by atoms with van der Waals surface area (Å²) >= 11 is 6.78. The summed E-state index contributed by atoms with van der Waals surface area (Å²) in [5.74, 6) is 0. The fourth-order valence-electron chi connectivity index (χ4n) is 1.14. The number of hydrogen-bond donors (Lipinski definition) is 1. The van der Waals surface area contributed by atoms with Gasteiger partial charge in [-0.05, 0) is 30.3 Å². The third-order valence-corrected chi connectivity index (χ3v) is 2.71. The molecule has 0 atom stereocenters. The minimum absolute atomic E-state index is 0.0133. The Morgan fingerprint density at radius 1 is 1.33 bits per heavy atom. The number of rotatable bonds is 3. The van der Waals surface area contributed by atoms with Crippen molar-refractivity contribution in [3.8, 4) is 6.01 Å². The van der Waals surface area contributed by atoms with E-state index in [9.17, 15) is 4.79 Å². The van der Waals surface area contributed by atoms with E-state index in [1.165, 1.54) is 13.2 Å². The van der Waals surface area contributed by atoms with Crippen molar-refractivity contribution < 1.29 is 4.74 Å². The van der Waals surface area contributed by atoms with Gasteiger partial charge in [0.2, 0.25) is 10.4 Å². The molecule has 0 radical (unpaired) electrons. The first-order valence-electron chi connectivity index (χ1n) is 4.78. The van der Waals surface area contributed by atoms with Gasteiger partial charge in [-0.15, -0.1) is 0 Å². The maximum atomic E-state index is 11.3. The molecule has 18 heavy (non-hydrogen) atoms. The van der Waals surface area contributed by atoms with Crippen molar-refractivity contribution in [3.05, 3.63) is 27.4 Å². The van der Waals surface area contributed by atoms with Gasteiger partial charge in [-0.3, -0.25) is 4.79 Å². The van der Waals surface area contributed by atoms with E-state index in [0.29, 0.717) is 16.0 Å². The Balaban J connectivity index is 2.33. The minimum atomic E-state index is -0.239. The second-order valence-electron chi connectivity index (χ2n) is 3.17. The van der Waals surface area contributed by atoms with Crippen LogP contribution in [-0.2, 0) is 0 Å². The molecule has 0 aliphatic carbocycles. The average molecular weight is 286 g/mol. The van der Waals surface area contributed by atoms with Gasteiger partial charge in [-0.2, -0.15) is 15.0 Å². The van der Waals surface area contributed by atoms with Gasteiger partial charge >= 0.3 is 6.01 Å². The summed E-state index contributed by atoms with van der Waals surface area (Å²) in [5, 5.41) is 0.685. The highest BCUT2D eigenvalue weighted by Gasteiger charge is 2.09. The highest BCUT2D eigenvalue weighted by Crippen LogP contribution is 2.22. The van der Waals surface area contributed by atoms with Crippen LogP contribution in [0.25, 0.3) is 0 Å². The van der Waals surface area contributed by atoms with Crippen LogP contribution < -0.4 is 10.3 Å². The molecule has 0 saturated heterocycles. The Hall–Kier alpha value is -1.67. The van der Waals surface area contributed by atoms with E-state index < -0.39 is 0 Å². The molecule has 9 heteroatoms. The van der Waals surface area contributed by atoms with Gasteiger partial charge in [0.1, 0.15) is 0 Å². The Labute approximate surface area is 111 Å². The number of nitrogens with zero attached hydrogens (tertiary/aromatic N) is 4. The number of H-pyrrole nitrogens is 1. The van der Waals surface area contributed by atoms with Crippen molar-refractivity contribution in [1.29, 1.82) is 0 Å². The summed E-state index contributed by atoms with van der Waals surface area (Å²) in [7, 11) is 1.42. The van der Waals surface area contributed by atoms with E-state index in [1.54, 1.807) is 6.92 Å². The van der Waals surface area contributed by atoms with E-state index in [4.69, 9.17) is 16.3 Å². The van der Waals surface area contributed by atoms with Crippen molar-refractivity contribution >= 4 is 23.4 Å². The highest BCUT2D eigenvalue weighted by molar-refractivity contribution is 7.99. The summed E-state index contributed by atoms with van der Waals surface area (Å²) in [6.07, 6.45) is 0. The van der Waals surface area contributed by atoms with Crippen molar-refractivity contribution in [2.24, 2.45) is 0 Å². The van der Waals surface area contributed by atoms with Crippen molar-refractivity contribution in [1.82, 2.24) is 24.9 Å². The topological polar surface area (TPSA) is 93.6 Å². The number of ether oxygens (including phenoxy) is 1. The van der Waals surface area contributed by atoms with Crippen LogP contribution in [0.5, 0.6) is 6.01 Å². The lowest BCUT2D eigenvalue weighted by Crippen LogP contribution is -2.08. The van der Waals surface area contributed by atoms with E-state index in [1.807, 2.05) is 0 Å². The number of aromatic amines is 1. The first kappa shape index (κ1) is 12.8. The van der Waals surface area contributed by atoms with Gasteiger partial charge in [0.05, 0.1) is 7.11 Å². The summed E-state index contributed by atoms with van der Waals surface area (Å²) in [6, 6.07) is 1.50. The van der Waals surface area contributed by atoms with E-state index in [0.717, 1.165) is 11.8 Å². The standard InChI is InChI=1S/C9H8ClN5O2S/c1-4-3-5(16)12-8(11-4)18-9-14-6(10)13-7(15-9)17-2/h3H,1-2H3,(H,11,12,16). The molecule has 2 aromatic rings. The van der Waals surface area contributed by atoms with Crippen molar-refractivity contribution in [2.45, 2.75) is 17.2 Å². The molecule has 0 fully saturated rings. The number of halogens is 1. The molecule has 94 valence electrons. The van der Waals surface area contributed by atoms with Crippen LogP contribution in [0.15, 0.2) is 21.2 Å². The molecule has 0 aliphatic rings. The van der Waals surface area contributed by atoms with Gasteiger partial charge < -0.3 is 9.72 Å². The third kappa shape index (κ3) is 3.17. The van der Waals surface area contributed by atoms with Crippen LogP contribution in [-0.4, -0.2) is 32.0 Å². The smallest absolute Gasteiger partial charge is 0.321 e. The lowest BCUT2D eigenvalue weighted by molar-refractivity contribution is 0.373. The molecule has 0 spiro atoms. The molecular weight excluding hydrogens is 278 g/mol. The van der Waals surface area contributed by atoms with Crippen LogP contribution in [0, 0.1) is 6.92 Å². The molecular formula is C9H8ClN5O2S. The number of aryl methyl sites for hydroxylation is 1. The predicted molar refractivity (Wildman–Crippen MR) is 65.1 cm³/mol. The first-order valence-corrected chi connectivity index (χ1v) is 5.97. The molecule has 2 rings (SSSR count). The Kier molecular flexibility index (Phi) is 3.78. The quantitative estimate of drug-likeness (QED) is 0.843. The second kappa shape index (κ2) is 5.32. The maximum Gasteiger partial charge on any atom is 0.321 e. The Morgan fingerprint density at radius 3 is 2.78 bits per heavy atom. The van der Waals surface area contributed by atoms with Gasteiger partial charge in [0, 0.05) is 11.8 Å². The average Bonchev–Trinajstić information content (AvgIpc) is 2.26. The fraction of sp³-hybridized carbons (Fsp3) is 0.222. The van der Waals surface area contributed by atoms with Crippen LogP contribution in [0.4, 0.5) is 0 Å². The van der Waals surface area contributed by atoms with Gasteiger partial charge in [-0.25, -0.2) is 4.98 Å². The number of aromatic nitrogens is 5. The largest absolute Gasteiger partial charge is 0.467 e. The second-order valence-corrected chi connectivity index (χ2v) is 4.46. The predicted octanol–water partition coefficient (Wildman–Crippen LogP) is 1.08. The zero-order valence-electron chi connectivity index (χ0n) is 9.47. The summed E-state index contributed by atoms with van der Waals surface area (Å²) in [5.41, 5.74) is 0.366. The summed E-state index contributed by atoms with van der Waals surface area (Å²) in [4.78, 5) is 29.6. The number of nitrogens with one attached hydrogen (secondary N) is 1. The van der Waals surface area contributed by atoms with E-state index in [-0.39, 0.29) is 16.9 Å². The van der Waals surface area contributed by atoms with E-state index >= 15 is 0 Å². The Morgan fingerprint density at radius 2 is 2.11 bits per heavy atom. The summed E-state index contributed by atoms with van der Waals surface area (Å²) < 4.78 is 4.87. The first-order chi connectivity index (χ1) is 8.56. The lowest BCUT2D eigenvalue weighted by atomic mass is 10.5. The zero-order valence-corrected chi connectivity index (χ0v) is 11.0. The normalized spacial score (nSPS) is 10.4.